The Hall–Kier alpha value is -5.58. The van der Waals surface area contributed by atoms with E-state index in [4.69, 9.17) is 37.0 Å². The molecule has 0 heterocycles. The van der Waals surface area contributed by atoms with Crippen molar-refractivity contribution in [2.24, 2.45) is 0 Å². The summed E-state index contributed by atoms with van der Waals surface area (Å²) >= 11 is 0. The number of hydrogen-bond donors (Lipinski definition) is 3. The van der Waals surface area contributed by atoms with Crippen LogP contribution in [0.4, 0.5) is 0 Å². The van der Waals surface area contributed by atoms with Gasteiger partial charge in [0.05, 0.1) is 26.4 Å². The van der Waals surface area contributed by atoms with Gasteiger partial charge in [0, 0.05) is 25.7 Å². The van der Waals surface area contributed by atoms with Gasteiger partial charge in [-0.3, -0.25) is 37.3 Å². The minimum Gasteiger partial charge on any atom is -0.462 e. The first-order valence-corrected chi connectivity index (χ1v) is 43.4. The SMILES string of the molecule is CC/C=C\C/C=C\C/C=C\C/C=C\C/C=C\CCCC(=O)OCC(COP(=O)(O)OCC(O)COP(=O)(O)OCC(COC(=O)CCC/C=C\C/C=C\C/C=C\C/C=C\C/C=C\CC)OC(=O)CCCCCCCCC/C=C\C/C=C\C/C=C\CC)OC(=O)CCCCCCC/C=C\CCCCCCCC. The Balaban J connectivity index is 5.49. The highest BCUT2D eigenvalue weighted by Gasteiger charge is 2.30. The van der Waals surface area contributed by atoms with E-state index in [1.807, 2.05) is 24.3 Å². The van der Waals surface area contributed by atoms with Crippen LogP contribution in [0.2, 0.25) is 0 Å². The monoisotopic (exact) mass is 1520 g/mol. The zero-order chi connectivity index (χ0) is 77.4. The highest BCUT2D eigenvalue weighted by Crippen LogP contribution is 2.45. The highest BCUT2D eigenvalue weighted by atomic mass is 31.2. The number of phosphoric ester groups is 2. The van der Waals surface area contributed by atoms with Crippen molar-refractivity contribution in [3.63, 3.8) is 0 Å². The van der Waals surface area contributed by atoms with Gasteiger partial charge in [-0.2, -0.15) is 0 Å². The summed E-state index contributed by atoms with van der Waals surface area (Å²) in [7, 11) is -10.0. The molecule has 0 aliphatic heterocycles. The van der Waals surface area contributed by atoms with E-state index in [9.17, 15) is 43.2 Å². The summed E-state index contributed by atoms with van der Waals surface area (Å²) < 4.78 is 68.5. The van der Waals surface area contributed by atoms with Gasteiger partial charge in [-0.25, -0.2) is 9.13 Å². The van der Waals surface area contributed by atoms with Crippen LogP contribution in [0.15, 0.2) is 170 Å². The number of unbranched alkanes of at least 4 members (excludes halogenated alkanes) is 20. The predicted octanol–water partition coefficient (Wildman–Crippen LogP) is 23.8. The fraction of sp³-hybridized carbons (Fsp3) is 0.632. The largest absolute Gasteiger partial charge is 0.472 e. The smallest absolute Gasteiger partial charge is 0.462 e. The number of aliphatic hydroxyl groups is 1. The van der Waals surface area contributed by atoms with E-state index in [0.717, 1.165) is 167 Å². The molecule has 0 saturated carbocycles. The third kappa shape index (κ3) is 76.6. The Kier molecular flexibility index (Phi) is 73.5. The van der Waals surface area contributed by atoms with Gasteiger partial charge >= 0.3 is 39.5 Å². The van der Waals surface area contributed by atoms with Gasteiger partial charge < -0.3 is 33.8 Å². The van der Waals surface area contributed by atoms with Crippen LogP contribution in [0.25, 0.3) is 0 Å². The van der Waals surface area contributed by atoms with E-state index >= 15 is 0 Å². The number of aliphatic hydroxyl groups excluding tert-OH is 1. The molecule has 106 heavy (non-hydrogen) atoms. The van der Waals surface area contributed by atoms with Crippen molar-refractivity contribution in [2.45, 2.75) is 316 Å². The molecule has 0 aliphatic carbocycles. The van der Waals surface area contributed by atoms with Crippen molar-refractivity contribution in [3.8, 4) is 0 Å². The molecule has 0 aromatic carbocycles. The lowest BCUT2D eigenvalue weighted by Gasteiger charge is -2.21. The van der Waals surface area contributed by atoms with Crippen molar-refractivity contribution < 1.29 is 80.2 Å². The zero-order valence-electron chi connectivity index (χ0n) is 65.8. The molecule has 0 radical (unpaired) electrons. The lowest BCUT2D eigenvalue weighted by Crippen LogP contribution is -2.30. The molecule has 0 rings (SSSR count). The van der Waals surface area contributed by atoms with Crippen LogP contribution in [-0.4, -0.2) is 96.7 Å². The number of carbonyl (C=O) groups is 4. The van der Waals surface area contributed by atoms with E-state index < -0.39 is 97.5 Å². The molecule has 0 aromatic rings. The maximum Gasteiger partial charge on any atom is 0.472 e. The minimum atomic E-state index is -5.01. The van der Waals surface area contributed by atoms with Gasteiger partial charge in [-0.15, -0.1) is 0 Å². The van der Waals surface area contributed by atoms with E-state index in [-0.39, 0.29) is 25.7 Å². The lowest BCUT2D eigenvalue weighted by molar-refractivity contribution is -0.161. The highest BCUT2D eigenvalue weighted by molar-refractivity contribution is 7.47. The first kappa shape index (κ1) is 100. The second kappa shape index (κ2) is 77.6. The third-order valence-electron chi connectivity index (χ3n) is 16.2. The van der Waals surface area contributed by atoms with E-state index in [0.29, 0.717) is 38.5 Å². The van der Waals surface area contributed by atoms with Crippen LogP contribution >= 0.6 is 15.6 Å². The van der Waals surface area contributed by atoms with E-state index in [1.165, 1.54) is 38.5 Å². The molecule has 19 heteroatoms. The second-order valence-corrected chi connectivity index (χ2v) is 29.1. The Bertz CT molecular complexity index is 2680. The summed E-state index contributed by atoms with van der Waals surface area (Å²) in [6, 6.07) is 0. The number of ether oxygens (including phenoxy) is 4. The molecule has 0 bridgehead atoms. The van der Waals surface area contributed by atoms with Crippen molar-refractivity contribution >= 4 is 39.5 Å². The first-order valence-electron chi connectivity index (χ1n) is 40.4. The van der Waals surface area contributed by atoms with Gasteiger partial charge in [0.15, 0.2) is 12.2 Å². The van der Waals surface area contributed by atoms with Crippen LogP contribution in [-0.2, 0) is 65.4 Å². The predicted molar refractivity (Wildman–Crippen MR) is 436 cm³/mol. The molecule has 0 spiro atoms. The molecular weight excluding hydrogens is 1380 g/mol. The number of allylic oxidation sites excluding steroid dienone is 28. The number of esters is 4. The number of rotatable bonds is 74. The number of carbonyl (C=O) groups excluding carboxylic acids is 4. The van der Waals surface area contributed by atoms with Crippen molar-refractivity contribution in [1.29, 1.82) is 0 Å². The van der Waals surface area contributed by atoms with Crippen molar-refractivity contribution in [3.05, 3.63) is 170 Å². The van der Waals surface area contributed by atoms with Gasteiger partial charge in [0.1, 0.15) is 19.3 Å². The fourth-order valence-electron chi connectivity index (χ4n) is 10.1. The van der Waals surface area contributed by atoms with Crippen molar-refractivity contribution in [1.82, 2.24) is 0 Å². The van der Waals surface area contributed by atoms with Crippen LogP contribution < -0.4 is 0 Å². The normalized spacial score (nSPS) is 14.7. The maximum atomic E-state index is 13.1. The van der Waals surface area contributed by atoms with Crippen LogP contribution in [0.5, 0.6) is 0 Å². The molecule has 0 fully saturated rings. The maximum absolute atomic E-state index is 13.1. The molecule has 0 amide bonds. The van der Waals surface area contributed by atoms with E-state index in [1.54, 1.807) is 0 Å². The van der Waals surface area contributed by atoms with Crippen LogP contribution in [0, 0.1) is 0 Å². The average Bonchev–Trinajstić information content (AvgIpc) is 0.901. The standard InChI is InChI=1S/C87H142O17P2/c1-5-9-13-17-21-25-29-33-37-40-44-47-51-55-59-63-67-71-84(89)97-77-82(103-86(91)73-69-65-61-57-53-49-43-36-32-28-24-20-16-12-8-4)79-101-105(93,94)99-75-81(88)76-100-106(95,96)102-80-83(104-87(92)74-70-66-62-58-54-50-46-42-39-35-31-27-23-19-15-11-7-3)78-98-85(90)72-68-64-60-56-52-48-45-41-38-34-30-26-22-18-14-10-6-2/h9-11,13-15,21-23,25-27,33-39,43-45,47-48,55-56,59-60,81-83,88H,5-8,12,16-20,24,28-32,40-42,46,49-54,57-58,61-80H2,1-4H3,(H,93,94)(H,95,96)/b13-9-,14-10-,15-11-,25-21-,26-22-,27-23-,37-33-,38-34-,39-35-,43-36-,47-44-,48-45-,59-55-,60-56-. The molecule has 3 N–H and O–H groups in total. The fourth-order valence-corrected chi connectivity index (χ4v) is 11.7. The quantitative estimate of drug-likeness (QED) is 0.0169. The van der Waals surface area contributed by atoms with Gasteiger partial charge in [-0.1, -0.05) is 281 Å². The Morgan fingerprint density at radius 3 is 0.792 bits per heavy atom. The Labute approximate surface area is 642 Å². The van der Waals surface area contributed by atoms with E-state index in [2.05, 4.69) is 174 Å². The molecule has 0 saturated heterocycles. The van der Waals surface area contributed by atoms with Gasteiger partial charge in [0.25, 0.3) is 0 Å². The third-order valence-corrected chi connectivity index (χ3v) is 18.1. The molecule has 0 aliphatic rings. The molecule has 5 atom stereocenters. The molecule has 5 unspecified atom stereocenters. The molecular formula is C87H142O17P2. The summed E-state index contributed by atoms with van der Waals surface area (Å²) in [5.74, 6) is -2.34. The summed E-state index contributed by atoms with van der Waals surface area (Å²) in [4.78, 5) is 73.1. The van der Waals surface area contributed by atoms with Crippen LogP contribution in [0.3, 0.4) is 0 Å². The summed E-state index contributed by atoms with van der Waals surface area (Å²) in [5, 5.41) is 10.7. The molecule has 17 nitrogen and oxygen atoms in total. The summed E-state index contributed by atoms with van der Waals surface area (Å²) in [6.45, 7) is 4.38. The number of hydrogen-bond acceptors (Lipinski definition) is 15. The average molecular weight is 1520 g/mol. The first-order chi connectivity index (χ1) is 51.7. The van der Waals surface area contributed by atoms with Gasteiger partial charge in [-0.05, 0) is 161 Å². The Morgan fingerprint density at radius 1 is 0.274 bits per heavy atom. The Morgan fingerprint density at radius 2 is 0.500 bits per heavy atom. The number of phosphoric acid groups is 2. The lowest BCUT2D eigenvalue weighted by atomic mass is 10.1. The summed E-state index contributed by atoms with van der Waals surface area (Å²) in [5.41, 5.74) is 0. The zero-order valence-corrected chi connectivity index (χ0v) is 67.6. The second-order valence-electron chi connectivity index (χ2n) is 26.2. The molecule has 0 aromatic heterocycles. The van der Waals surface area contributed by atoms with Crippen LogP contribution in [0.1, 0.15) is 297 Å². The van der Waals surface area contributed by atoms with Gasteiger partial charge in [0.2, 0.25) is 0 Å². The molecule has 602 valence electrons. The summed E-state index contributed by atoms with van der Waals surface area (Å²) in [6.07, 6.45) is 92.0. The minimum absolute atomic E-state index is 0.0641. The topological polar surface area (TPSA) is 237 Å². The van der Waals surface area contributed by atoms with Crippen molar-refractivity contribution in [2.75, 3.05) is 39.6 Å².